The summed E-state index contributed by atoms with van der Waals surface area (Å²) >= 11 is 5.72. The zero-order valence-corrected chi connectivity index (χ0v) is 18.5. The van der Waals surface area contributed by atoms with Crippen LogP contribution in [0.25, 0.3) is 0 Å². The Labute approximate surface area is 181 Å². The average molecular weight is 454 g/mol. The second kappa shape index (κ2) is 9.03. The Balaban J connectivity index is 1.98. The third kappa shape index (κ3) is 4.24. The molecule has 1 aromatic carbocycles. The lowest BCUT2D eigenvalue weighted by molar-refractivity contribution is 0.213. The Kier molecular flexibility index (Phi) is 6.84. The first kappa shape index (κ1) is 22.7. The van der Waals surface area contributed by atoms with E-state index in [2.05, 4.69) is 15.0 Å². The smallest absolute Gasteiger partial charge is 0.240 e. The summed E-state index contributed by atoms with van der Waals surface area (Å²) in [6, 6.07) is 5.86. The van der Waals surface area contributed by atoms with Gasteiger partial charge in [-0.15, -0.1) is 0 Å². The van der Waals surface area contributed by atoms with Crippen LogP contribution in [0.15, 0.2) is 47.6 Å². The molecule has 1 aliphatic rings. The molecule has 2 aromatic rings. The van der Waals surface area contributed by atoms with E-state index in [1.165, 1.54) is 0 Å². The number of nitrogens with one attached hydrogen (secondary N) is 2. The normalized spacial score (nSPS) is 23.0. The molecule has 1 saturated carbocycles. The number of benzene rings is 1. The molecular weight excluding hydrogens is 428 g/mol. The van der Waals surface area contributed by atoms with E-state index < -0.39 is 33.1 Å². The maximum Gasteiger partial charge on any atom is 0.240 e. The van der Waals surface area contributed by atoms with Crippen molar-refractivity contribution in [3.63, 3.8) is 0 Å². The van der Waals surface area contributed by atoms with Gasteiger partial charge in [0.15, 0.2) is 11.6 Å². The Hall–Kier alpha value is -1.97. The second-order valence-corrected chi connectivity index (χ2v) is 9.75. The number of halogens is 2. The van der Waals surface area contributed by atoms with Gasteiger partial charge in [-0.1, -0.05) is 31.1 Å². The molecule has 1 aromatic heterocycles. The molecule has 0 amide bonds. The van der Waals surface area contributed by atoms with E-state index in [1.807, 2.05) is 12.1 Å². The van der Waals surface area contributed by atoms with Crippen molar-refractivity contribution in [3.8, 4) is 0 Å². The lowest BCUT2D eigenvalue weighted by atomic mass is 9.60. The van der Waals surface area contributed by atoms with Crippen LogP contribution < -0.4 is 10.0 Å². The van der Waals surface area contributed by atoms with Crippen molar-refractivity contribution in [3.05, 3.63) is 59.9 Å². The number of likely N-dealkylation sites (N-methyl/N-ethyl adjacent to an activating group) is 1. The summed E-state index contributed by atoms with van der Waals surface area (Å²) in [5.74, 6) is -2.44. The molecule has 1 fully saturated rings. The molecule has 3 rings (SSSR count). The van der Waals surface area contributed by atoms with E-state index in [9.17, 15) is 17.2 Å². The fourth-order valence-electron chi connectivity index (χ4n) is 4.54. The molecule has 0 radical (unpaired) electrons. The van der Waals surface area contributed by atoms with Crippen molar-refractivity contribution >= 4 is 27.2 Å². The summed E-state index contributed by atoms with van der Waals surface area (Å²) in [4.78, 5) is 4.58. The number of hydrogen-bond donors (Lipinski definition) is 2. The van der Waals surface area contributed by atoms with Gasteiger partial charge in [0.25, 0.3) is 0 Å². The molecule has 30 heavy (non-hydrogen) atoms. The molecule has 2 N–H and O–H groups in total. The van der Waals surface area contributed by atoms with Crippen LogP contribution in [0.2, 0.25) is 0 Å². The fourth-order valence-corrected chi connectivity index (χ4v) is 6.20. The summed E-state index contributed by atoms with van der Waals surface area (Å²) < 4.78 is 55.3. The quantitative estimate of drug-likeness (QED) is 0.653. The number of sulfonamides is 1. The van der Waals surface area contributed by atoms with Crippen molar-refractivity contribution in [1.82, 2.24) is 15.0 Å². The molecule has 5 nitrogen and oxygen atoms in total. The van der Waals surface area contributed by atoms with Gasteiger partial charge >= 0.3 is 0 Å². The van der Waals surface area contributed by atoms with E-state index >= 15 is 0 Å². The molecule has 3 atom stereocenters. The van der Waals surface area contributed by atoms with Crippen molar-refractivity contribution in [2.45, 2.75) is 49.0 Å². The van der Waals surface area contributed by atoms with Crippen LogP contribution in [0.4, 0.5) is 8.78 Å². The lowest BCUT2D eigenvalue weighted by Crippen LogP contribution is -2.55. The molecule has 1 aliphatic carbocycles. The molecule has 9 heteroatoms. The summed E-state index contributed by atoms with van der Waals surface area (Å²) in [6.45, 7) is 1.79. The molecule has 0 saturated heterocycles. The van der Waals surface area contributed by atoms with Crippen LogP contribution in [0.5, 0.6) is 0 Å². The maximum absolute atomic E-state index is 13.6. The highest BCUT2D eigenvalue weighted by Gasteiger charge is 2.48. The molecule has 162 valence electrons. The Morgan fingerprint density at radius 1 is 1.27 bits per heavy atom. The minimum atomic E-state index is -4.05. The number of aromatic nitrogens is 1. The van der Waals surface area contributed by atoms with Gasteiger partial charge in [-0.3, -0.25) is 4.98 Å². The molecule has 1 heterocycles. The highest BCUT2D eigenvalue weighted by atomic mass is 32.2. The molecule has 0 bridgehead atoms. The van der Waals surface area contributed by atoms with Crippen LogP contribution in [0, 0.1) is 17.6 Å². The monoisotopic (exact) mass is 453 g/mol. The van der Waals surface area contributed by atoms with Gasteiger partial charge in [0.1, 0.15) is 0 Å². The van der Waals surface area contributed by atoms with Crippen molar-refractivity contribution < 1.29 is 17.2 Å². The SMILES string of the molecule is CNC(=S)[C@@]1(c2cccnc2)CCCC[C@@H]1C(C)NS(=O)(=O)c1ccc(F)c(F)c1. The number of thiocarbonyl (C=S) groups is 1. The molecular formula is C21H25F2N3O2S2. The molecule has 1 unspecified atom stereocenters. The average Bonchev–Trinajstić information content (AvgIpc) is 2.75. The van der Waals surface area contributed by atoms with Crippen LogP contribution in [-0.2, 0) is 15.4 Å². The van der Waals surface area contributed by atoms with Gasteiger partial charge < -0.3 is 5.32 Å². The van der Waals surface area contributed by atoms with E-state index in [4.69, 9.17) is 12.2 Å². The fraction of sp³-hybridized carbons (Fsp3) is 0.429. The summed E-state index contributed by atoms with van der Waals surface area (Å²) in [5.41, 5.74) is 0.361. The first-order chi connectivity index (χ1) is 14.2. The number of hydrogen-bond acceptors (Lipinski definition) is 4. The number of nitrogens with zero attached hydrogens (tertiary/aromatic N) is 1. The summed E-state index contributed by atoms with van der Waals surface area (Å²) in [5, 5.41) is 3.10. The van der Waals surface area contributed by atoms with E-state index in [0.29, 0.717) is 11.1 Å². The molecule has 0 aliphatic heterocycles. The van der Waals surface area contributed by atoms with Gasteiger partial charge in [0.05, 0.1) is 15.3 Å². The highest BCUT2D eigenvalue weighted by molar-refractivity contribution is 7.89. The zero-order valence-electron chi connectivity index (χ0n) is 16.9. The largest absolute Gasteiger partial charge is 0.382 e. The Morgan fingerprint density at radius 2 is 2.03 bits per heavy atom. The van der Waals surface area contributed by atoms with E-state index in [1.54, 1.807) is 26.4 Å². The predicted molar refractivity (Wildman–Crippen MR) is 116 cm³/mol. The minimum Gasteiger partial charge on any atom is -0.382 e. The third-order valence-corrected chi connectivity index (χ3v) is 8.05. The standard InChI is InChI=1S/C21H25F2N3O2S2/c1-14(26-30(27,28)16-8-9-18(22)19(23)12-16)17-7-3-4-10-21(17,20(29)24-2)15-6-5-11-25-13-15/h5-6,8-9,11-14,17,26H,3-4,7,10H2,1-2H3,(H,24,29)/t14?,17-,21-/m1/s1. The third-order valence-electron chi connectivity index (χ3n) is 5.92. The zero-order chi connectivity index (χ0) is 21.9. The second-order valence-electron chi connectivity index (χ2n) is 7.63. The highest BCUT2D eigenvalue weighted by Crippen LogP contribution is 2.46. The van der Waals surface area contributed by atoms with Gasteiger partial charge in [-0.2, -0.15) is 0 Å². The Morgan fingerprint density at radius 3 is 2.67 bits per heavy atom. The number of rotatable bonds is 6. The van der Waals surface area contributed by atoms with Gasteiger partial charge in [0.2, 0.25) is 10.0 Å². The predicted octanol–water partition coefficient (Wildman–Crippen LogP) is 3.70. The lowest BCUT2D eigenvalue weighted by Gasteiger charge is -2.47. The maximum atomic E-state index is 13.6. The van der Waals surface area contributed by atoms with E-state index in [-0.39, 0.29) is 10.8 Å². The van der Waals surface area contributed by atoms with Gasteiger partial charge in [0, 0.05) is 25.5 Å². The first-order valence-electron chi connectivity index (χ1n) is 9.82. The van der Waals surface area contributed by atoms with Crippen LogP contribution >= 0.6 is 12.2 Å². The summed E-state index contributed by atoms with van der Waals surface area (Å²) in [6.07, 6.45) is 6.88. The van der Waals surface area contributed by atoms with Crippen LogP contribution in [0.1, 0.15) is 38.2 Å². The van der Waals surface area contributed by atoms with Crippen LogP contribution in [0.3, 0.4) is 0 Å². The van der Waals surface area contributed by atoms with Gasteiger partial charge in [-0.05, 0) is 55.5 Å². The van der Waals surface area contributed by atoms with E-state index in [0.717, 1.165) is 43.4 Å². The van der Waals surface area contributed by atoms with Gasteiger partial charge in [-0.25, -0.2) is 21.9 Å². The summed E-state index contributed by atoms with van der Waals surface area (Å²) in [7, 11) is -2.28. The minimum absolute atomic E-state index is 0.143. The topological polar surface area (TPSA) is 71.1 Å². The van der Waals surface area contributed by atoms with Crippen molar-refractivity contribution in [1.29, 1.82) is 0 Å². The number of pyridine rings is 1. The van der Waals surface area contributed by atoms with Crippen molar-refractivity contribution in [2.24, 2.45) is 5.92 Å². The van der Waals surface area contributed by atoms with Crippen molar-refractivity contribution in [2.75, 3.05) is 7.05 Å². The van der Waals surface area contributed by atoms with Crippen LogP contribution in [-0.4, -0.2) is 31.5 Å². The Bertz CT molecular complexity index is 1020. The first-order valence-corrected chi connectivity index (χ1v) is 11.7. The molecule has 0 spiro atoms.